The average Bonchev–Trinajstić information content (AvgIpc) is 3.28. The number of hydrogen-bond donors (Lipinski definition) is 0. The maximum Gasteiger partial charge on any atom is 0.254 e. The number of fused-ring (bicyclic) bond motifs is 1. The van der Waals surface area contributed by atoms with Gasteiger partial charge in [-0.15, -0.1) is 0 Å². The summed E-state index contributed by atoms with van der Waals surface area (Å²) < 4.78 is 5.25. The van der Waals surface area contributed by atoms with Gasteiger partial charge in [-0.05, 0) is 48.1 Å². The van der Waals surface area contributed by atoms with Crippen LogP contribution < -0.4 is 0 Å². The molecule has 1 atom stereocenters. The summed E-state index contributed by atoms with van der Waals surface area (Å²) in [6.07, 6.45) is 3.48. The Morgan fingerprint density at radius 2 is 1.88 bits per heavy atom. The number of amides is 1. The first-order chi connectivity index (χ1) is 12.7. The van der Waals surface area contributed by atoms with Crippen molar-refractivity contribution in [2.45, 2.75) is 31.7 Å². The van der Waals surface area contributed by atoms with Gasteiger partial charge in [0.05, 0.1) is 12.6 Å². The molecule has 0 saturated carbocycles. The number of rotatable bonds is 4. The largest absolute Gasteiger partial charge is 0.383 e. The second kappa shape index (κ2) is 7.04. The molecule has 1 heterocycles. The third-order valence-electron chi connectivity index (χ3n) is 5.49. The standard InChI is InChI=1S/C22H23NO3/c1-26-14-19-3-2-12-23(19)22(25)16-6-4-15(5-7-16)17-8-10-20-18(13-17)9-11-21(20)24/h4-8,10,13,19H,2-3,9,11-12,14H2,1H3/t19-/m0/s1. The molecule has 0 aromatic heterocycles. The molecule has 0 unspecified atom stereocenters. The summed E-state index contributed by atoms with van der Waals surface area (Å²) in [4.78, 5) is 26.5. The van der Waals surface area contributed by atoms with Gasteiger partial charge in [-0.1, -0.05) is 30.3 Å². The Kier molecular flexibility index (Phi) is 4.60. The Labute approximate surface area is 153 Å². The van der Waals surface area contributed by atoms with Gasteiger partial charge in [0.15, 0.2) is 5.78 Å². The number of aryl methyl sites for hydroxylation is 1. The average molecular weight is 349 g/mol. The highest BCUT2D eigenvalue weighted by molar-refractivity contribution is 6.01. The molecule has 4 rings (SSSR count). The molecule has 2 aliphatic rings. The van der Waals surface area contributed by atoms with Crippen molar-refractivity contribution in [3.63, 3.8) is 0 Å². The first-order valence-corrected chi connectivity index (χ1v) is 9.24. The molecule has 1 aliphatic heterocycles. The SMILES string of the molecule is COC[C@@H]1CCCN1C(=O)c1ccc(-c2ccc3c(c2)CCC3=O)cc1. The molecular formula is C22H23NO3. The van der Waals surface area contributed by atoms with Gasteiger partial charge in [0, 0.05) is 31.2 Å². The van der Waals surface area contributed by atoms with Crippen LogP contribution in [-0.4, -0.2) is 42.9 Å². The number of benzene rings is 2. The Hall–Kier alpha value is -2.46. The molecule has 4 nitrogen and oxygen atoms in total. The van der Waals surface area contributed by atoms with Gasteiger partial charge in [0.2, 0.25) is 0 Å². The maximum atomic E-state index is 12.8. The van der Waals surface area contributed by atoms with E-state index in [2.05, 4.69) is 6.07 Å². The first kappa shape index (κ1) is 17.0. The van der Waals surface area contributed by atoms with E-state index in [1.807, 2.05) is 41.3 Å². The molecule has 1 aliphatic carbocycles. The van der Waals surface area contributed by atoms with Crippen LogP contribution in [-0.2, 0) is 11.2 Å². The second-order valence-electron chi connectivity index (χ2n) is 7.12. The molecule has 134 valence electrons. The minimum Gasteiger partial charge on any atom is -0.383 e. The number of carbonyl (C=O) groups excluding carboxylic acids is 2. The maximum absolute atomic E-state index is 12.8. The molecule has 26 heavy (non-hydrogen) atoms. The van der Waals surface area contributed by atoms with Crippen molar-refractivity contribution in [3.05, 3.63) is 59.2 Å². The van der Waals surface area contributed by atoms with E-state index in [9.17, 15) is 9.59 Å². The second-order valence-corrected chi connectivity index (χ2v) is 7.12. The molecule has 1 saturated heterocycles. The van der Waals surface area contributed by atoms with E-state index in [1.54, 1.807) is 7.11 Å². The molecule has 0 spiro atoms. The Bertz CT molecular complexity index is 841. The fourth-order valence-corrected chi connectivity index (χ4v) is 4.07. The van der Waals surface area contributed by atoms with Gasteiger partial charge >= 0.3 is 0 Å². The predicted molar refractivity (Wildman–Crippen MR) is 100 cm³/mol. The summed E-state index contributed by atoms with van der Waals surface area (Å²) in [6.45, 7) is 1.39. The quantitative estimate of drug-likeness (QED) is 0.845. The van der Waals surface area contributed by atoms with Crippen LogP contribution >= 0.6 is 0 Å². The van der Waals surface area contributed by atoms with Crippen molar-refractivity contribution >= 4 is 11.7 Å². The van der Waals surface area contributed by atoms with E-state index in [0.29, 0.717) is 18.6 Å². The zero-order valence-corrected chi connectivity index (χ0v) is 15.0. The van der Waals surface area contributed by atoms with Crippen LogP contribution in [0.4, 0.5) is 0 Å². The lowest BCUT2D eigenvalue weighted by molar-refractivity contribution is 0.0630. The van der Waals surface area contributed by atoms with Crippen LogP contribution in [0.15, 0.2) is 42.5 Å². The van der Waals surface area contributed by atoms with Gasteiger partial charge in [-0.3, -0.25) is 9.59 Å². The molecule has 2 aromatic rings. The van der Waals surface area contributed by atoms with E-state index >= 15 is 0 Å². The number of nitrogens with zero attached hydrogens (tertiary/aromatic N) is 1. The number of hydrogen-bond acceptors (Lipinski definition) is 3. The predicted octanol–water partition coefficient (Wildman–Crippen LogP) is 3.73. The Morgan fingerprint density at radius 1 is 1.12 bits per heavy atom. The molecule has 1 fully saturated rings. The number of likely N-dealkylation sites (tertiary alicyclic amines) is 1. The third kappa shape index (κ3) is 3.06. The highest BCUT2D eigenvalue weighted by Gasteiger charge is 2.29. The van der Waals surface area contributed by atoms with E-state index in [-0.39, 0.29) is 17.7 Å². The normalized spacial score (nSPS) is 19.0. The number of Topliss-reactive ketones (excluding diaryl/α,β-unsaturated/α-hetero) is 1. The Morgan fingerprint density at radius 3 is 2.65 bits per heavy atom. The van der Waals surface area contributed by atoms with E-state index < -0.39 is 0 Å². The lowest BCUT2D eigenvalue weighted by atomic mass is 9.99. The lowest BCUT2D eigenvalue weighted by Gasteiger charge is -2.24. The molecule has 0 bridgehead atoms. The fraction of sp³-hybridized carbons (Fsp3) is 0.364. The van der Waals surface area contributed by atoms with Crippen molar-refractivity contribution in [1.29, 1.82) is 0 Å². The summed E-state index contributed by atoms with van der Waals surface area (Å²) >= 11 is 0. The number of ether oxygens (including phenoxy) is 1. The van der Waals surface area contributed by atoms with E-state index in [4.69, 9.17) is 4.74 Å². The zero-order valence-electron chi connectivity index (χ0n) is 15.0. The molecule has 2 aromatic carbocycles. The van der Waals surface area contributed by atoms with Crippen molar-refractivity contribution < 1.29 is 14.3 Å². The van der Waals surface area contributed by atoms with Gasteiger partial charge in [-0.2, -0.15) is 0 Å². The van der Waals surface area contributed by atoms with Crippen LogP contribution in [0.2, 0.25) is 0 Å². The van der Waals surface area contributed by atoms with Gasteiger partial charge in [0.1, 0.15) is 0 Å². The molecule has 1 amide bonds. The van der Waals surface area contributed by atoms with Gasteiger partial charge in [0.25, 0.3) is 5.91 Å². The summed E-state index contributed by atoms with van der Waals surface area (Å²) in [5.74, 6) is 0.319. The number of ketones is 1. The van der Waals surface area contributed by atoms with E-state index in [1.165, 1.54) is 0 Å². The van der Waals surface area contributed by atoms with Crippen LogP contribution in [0, 0.1) is 0 Å². The van der Waals surface area contributed by atoms with E-state index in [0.717, 1.165) is 48.1 Å². The fourth-order valence-electron chi connectivity index (χ4n) is 4.07. The van der Waals surface area contributed by atoms with Crippen molar-refractivity contribution in [3.8, 4) is 11.1 Å². The number of carbonyl (C=O) groups is 2. The summed E-state index contributed by atoms with van der Waals surface area (Å²) in [5, 5.41) is 0. The van der Waals surface area contributed by atoms with Crippen LogP contribution in [0.5, 0.6) is 0 Å². The lowest BCUT2D eigenvalue weighted by Crippen LogP contribution is -2.38. The van der Waals surface area contributed by atoms with Crippen molar-refractivity contribution in [2.24, 2.45) is 0 Å². The zero-order chi connectivity index (χ0) is 18.1. The highest BCUT2D eigenvalue weighted by Crippen LogP contribution is 2.29. The van der Waals surface area contributed by atoms with Crippen LogP contribution in [0.3, 0.4) is 0 Å². The topological polar surface area (TPSA) is 46.6 Å². The summed E-state index contributed by atoms with van der Waals surface area (Å²) in [5.41, 5.74) is 4.87. The monoisotopic (exact) mass is 349 g/mol. The number of methoxy groups -OCH3 is 1. The third-order valence-corrected chi connectivity index (χ3v) is 5.49. The molecular weight excluding hydrogens is 326 g/mol. The van der Waals surface area contributed by atoms with Crippen molar-refractivity contribution in [2.75, 3.05) is 20.3 Å². The van der Waals surface area contributed by atoms with Crippen molar-refractivity contribution in [1.82, 2.24) is 4.90 Å². The van der Waals surface area contributed by atoms with Gasteiger partial charge < -0.3 is 9.64 Å². The minimum atomic E-state index is 0.0793. The molecule has 0 N–H and O–H groups in total. The van der Waals surface area contributed by atoms with Crippen LogP contribution in [0.1, 0.15) is 45.5 Å². The summed E-state index contributed by atoms with van der Waals surface area (Å²) in [6, 6.07) is 14.0. The molecule has 4 heteroatoms. The summed E-state index contributed by atoms with van der Waals surface area (Å²) in [7, 11) is 1.68. The first-order valence-electron chi connectivity index (χ1n) is 9.24. The minimum absolute atomic E-state index is 0.0793. The van der Waals surface area contributed by atoms with Gasteiger partial charge in [-0.25, -0.2) is 0 Å². The highest BCUT2D eigenvalue weighted by atomic mass is 16.5. The Balaban J connectivity index is 1.54. The molecule has 0 radical (unpaired) electrons. The van der Waals surface area contributed by atoms with Crippen LogP contribution in [0.25, 0.3) is 11.1 Å². The smallest absolute Gasteiger partial charge is 0.254 e.